The van der Waals surface area contributed by atoms with Crippen molar-refractivity contribution in [3.63, 3.8) is 0 Å². The molecule has 0 amide bonds. The van der Waals surface area contributed by atoms with Gasteiger partial charge in [-0.3, -0.25) is 0 Å². The summed E-state index contributed by atoms with van der Waals surface area (Å²) in [6, 6.07) is 11.4. The average molecular weight is 435 g/mol. The topological polar surface area (TPSA) is 92.8 Å². The SMILES string of the molecule is COc1ccc(S(=O)(=O)NN(C)S(=O)(=O)c2ccc(Br)cc2)cc1. The number of methoxy groups -OCH3 is 1. The van der Waals surface area contributed by atoms with Crippen LogP contribution in [0.15, 0.2) is 62.8 Å². The van der Waals surface area contributed by atoms with Crippen LogP contribution in [-0.4, -0.2) is 35.4 Å². The van der Waals surface area contributed by atoms with Crippen LogP contribution in [-0.2, 0) is 20.0 Å². The van der Waals surface area contributed by atoms with Gasteiger partial charge >= 0.3 is 0 Å². The monoisotopic (exact) mass is 434 g/mol. The smallest absolute Gasteiger partial charge is 0.256 e. The highest BCUT2D eigenvalue weighted by atomic mass is 79.9. The van der Waals surface area contributed by atoms with E-state index in [9.17, 15) is 16.8 Å². The molecule has 0 heterocycles. The Morgan fingerprint density at radius 2 is 1.42 bits per heavy atom. The molecule has 0 aliphatic carbocycles. The minimum Gasteiger partial charge on any atom is -0.497 e. The number of nitrogens with zero attached hydrogens (tertiary/aromatic N) is 1. The lowest BCUT2D eigenvalue weighted by Gasteiger charge is -2.18. The molecule has 0 spiro atoms. The van der Waals surface area contributed by atoms with Crippen LogP contribution in [0.2, 0.25) is 0 Å². The van der Waals surface area contributed by atoms with Gasteiger partial charge in [0.25, 0.3) is 20.0 Å². The van der Waals surface area contributed by atoms with Gasteiger partial charge in [-0.05, 0) is 48.5 Å². The van der Waals surface area contributed by atoms with Gasteiger partial charge in [0.05, 0.1) is 16.9 Å². The highest BCUT2D eigenvalue weighted by molar-refractivity contribution is 9.10. The molecule has 0 bridgehead atoms. The van der Waals surface area contributed by atoms with Crippen LogP contribution in [0.1, 0.15) is 0 Å². The maximum Gasteiger partial charge on any atom is 0.256 e. The van der Waals surface area contributed by atoms with E-state index in [0.29, 0.717) is 14.6 Å². The molecule has 0 saturated heterocycles. The first-order valence-corrected chi connectivity index (χ1v) is 10.3. The van der Waals surface area contributed by atoms with Crippen molar-refractivity contribution >= 4 is 36.0 Å². The number of rotatable bonds is 6. The number of hydrazine groups is 1. The maximum atomic E-state index is 12.4. The van der Waals surface area contributed by atoms with E-state index in [1.807, 2.05) is 4.83 Å². The molecular weight excluding hydrogens is 420 g/mol. The summed E-state index contributed by atoms with van der Waals surface area (Å²) in [5, 5.41) is 0. The quantitative estimate of drug-likeness (QED) is 0.701. The molecule has 0 fully saturated rings. The normalized spacial score (nSPS) is 12.3. The van der Waals surface area contributed by atoms with E-state index < -0.39 is 20.0 Å². The van der Waals surface area contributed by atoms with Gasteiger partial charge in [0.1, 0.15) is 5.75 Å². The standard InChI is InChI=1S/C14H15BrN2O5S2/c1-17(24(20,21)14-7-3-11(15)4-8-14)16-23(18,19)13-9-5-12(22-2)6-10-13/h3-10,16H,1-2H3. The Morgan fingerprint density at radius 3 is 1.92 bits per heavy atom. The molecule has 0 aromatic heterocycles. The van der Waals surface area contributed by atoms with E-state index in [1.54, 1.807) is 12.1 Å². The van der Waals surface area contributed by atoms with E-state index in [0.717, 1.165) is 7.05 Å². The number of benzene rings is 2. The molecule has 2 aromatic carbocycles. The fourth-order valence-electron chi connectivity index (χ4n) is 1.79. The van der Waals surface area contributed by atoms with Gasteiger partial charge in [-0.15, -0.1) is 9.25 Å². The van der Waals surface area contributed by atoms with Crippen molar-refractivity contribution in [3.05, 3.63) is 53.0 Å². The number of hydrogen-bond acceptors (Lipinski definition) is 5. The van der Waals surface area contributed by atoms with Crippen LogP contribution in [0.4, 0.5) is 0 Å². The fourth-order valence-corrected chi connectivity index (χ4v) is 4.48. The molecule has 2 rings (SSSR count). The largest absolute Gasteiger partial charge is 0.497 e. The molecule has 0 saturated carbocycles. The number of halogens is 1. The molecule has 1 N–H and O–H groups in total. The fraction of sp³-hybridized carbons (Fsp3) is 0.143. The Balaban J connectivity index is 2.26. The second kappa shape index (κ2) is 7.19. The summed E-state index contributed by atoms with van der Waals surface area (Å²) in [7, 11) is -5.48. The van der Waals surface area contributed by atoms with Crippen molar-refractivity contribution in [1.82, 2.24) is 9.25 Å². The minimum absolute atomic E-state index is 0.0365. The molecule has 0 aliphatic heterocycles. The maximum absolute atomic E-state index is 12.4. The summed E-state index contributed by atoms with van der Waals surface area (Å²) in [5.41, 5.74) is 0. The first-order valence-electron chi connectivity index (χ1n) is 6.58. The van der Waals surface area contributed by atoms with E-state index in [4.69, 9.17) is 4.74 Å². The summed E-state index contributed by atoms with van der Waals surface area (Å²) in [4.78, 5) is 1.91. The van der Waals surface area contributed by atoms with Crippen LogP contribution >= 0.6 is 15.9 Å². The van der Waals surface area contributed by atoms with Crippen molar-refractivity contribution in [1.29, 1.82) is 0 Å². The molecule has 0 unspecified atom stereocenters. The van der Waals surface area contributed by atoms with Crippen LogP contribution in [0, 0.1) is 0 Å². The number of hydrogen-bond donors (Lipinski definition) is 1. The number of ether oxygens (including phenoxy) is 1. The lowest BCUT2D eigenvalue weighted by Crippen LogP contribution is -2.43. The Morgan fingerprint density at radius 1 is 0.917 bits per heavy atom. The zero-order valence-electron chi connectivity index (χ0n) is 12.8. The molecule has 10 heteroatoms. The second-order valence-electron chi connectivity index (χ2n) is 4.70. The zero-order valence-corrected chi connectivity index (χ0v) is 16.0. The molecule has 7 nitrogen and oxygen atoms in total. The number of sulfonamides is 2. The van der Waals surface area contributed by atoms with Gasteiger partial charge in [-0.1, -0.05) is 15.9 Å². The van der Waals surface area contributed by atoms with Crippen LogP contribution in [0.5, 0.6) is 5.75 Å². The lowest BCUT2D eigenvalue weighted by atomic mass is 10.3. The third-order valence-electron chi connectivity index (χ3n) is 3.09. The average Bonchev–Trinajstić information content (AvgIpc) is 2.55. The summed E-state index contributed by atoms with van der Waals surface area (Å²) in [6.45, 7) is 0. The van der Waals surface area contributed by atoms with Gasteiger partial charge in [0, 0.05) is 11.5 Å². The van der Waals surface area contributed by atoms with E-state index in [-0.39, 0.29) is 9.79 Å². The van der Waals surface area contributed by atoms with Gasteiger partial charge in [0.15, 0.2) is 0 Å². The second-order valence-corrected chi connectivity index (χ2v) is 9.24. The van der Waals surface area contributed by atoms with Crippen molar-refractivity contribution in [2.24, 2.45) is 0 Å². The third kappa shape index (κ3) is 4.14. The van der Waals surface area contributed by atoms with Gasteiger partial charge in [-0.2, -0.15) is 0 Å². The predicted octanol–water partition coefficient (Wildman–Crippen LogP) is 1.97. The van der Waals surface area contributed by atoms with Gasteiger partial charge < -0.3 is 4.74 Å². The molecule has 24 heavy (non-hydrogen) atoms. The van der Waals surface area contributed by atoms with E-state index in [2.05, 4.69) is 15.9 Å². The summed E-state index contributed by atoms with van der Waals surface area (Å²) in [6.07, 6.45) is 0. The minimum atomic E-state index is -4.05. The summed E-state index contributed by atoms with van der Waals surface area (Å²) >= 11 is 3.21. The van der Waals surface area contributed by atoms with Crippen molar-refractivity contribution in [2.75, 3.05) is 14.2 Å². The first kappa shape index (κ1) is 18.9. The Labute approximate surface area is 149 Å². The molecule has 0 atom stereocenters. The Hall–Kier alpha value is -1.46. The van der Waals surface area contributed by atoms with E-state index in [1.165, 1.54) is 43.5 Å². The summed E-state index contributed by atoms with van der Waals surface area (Å²) in [5.74, 6) is 0.491. The van der Waals surface area contributed by atoms with Crippen molar-refractivity contribution in [2.45, 2.75) is 9.79 Å². The first-order chi connectivity index (χ1) is 11.2. The molecular formula is C14H15BrN2O5S2. The zero-order chi connectivity index (χ0) is 18.0. The van der Waals surface area contributed by atoms with Crippen LogP contribution in [0.3, 0.4) is 0 Å². The van der Waals surface area contributed by atoms with E-state index >= 15 is 0 Å². The predicted molar refractivity (Wildman–Crippen MR) is 92.4 cm³/mol. The van der Waals surface area contributed by atoms with Crippen LogP contribution in [0.25, 0.3) is 0 Å². The highest BCUT2D eigenvalue weighted by Crippen LogP contribution is 2.19. The molecule has 0 radical (unpaired) electrons. The summed E-state index contributed by atoms with van der Waals surface area (Å²) < 4.78 is 55.7. The third-order valence-corrected chi connectivity index (χ3v) is 6.82. The molecule has 130 valence electrons. The Kier molecular flexibility index (Phi) is 5.66. The molecule has 0 aliphatic rings. The highest BCUT2D eigenvalue weighted by Gasteiger charge is 2.26. The van der Waals surface area contributed by atoms with Crippen LogP contribution < -0.4 is 9.57 Å². The Bertz CT molecular complexity index is 911. The van der Waals surface area contributed by atoms with Crippen molar-refractivity contribution in [3.8, 4) is 5.75 Å². The number of nitrogens with one attached hydrogen (secondary N) is 1. The van der Waals surface area contributed by atoms with Gasteiger partial charge in [-0.25, -0.2) is 16.8 Å². The molecule has 2 aromatic rings. The van der Waals surface area contributed by atoms with Gasteiger partial charge in [0.2, 0.25) is 0 Å². The lowest BCUT2D eigenvalue weighted by molar-refractivity contribution is 0.414. The van der Waals surface area contributed by atoms with Crippen molar-refractivity contribution < 1.29 is 21.6 Å².